The molecule has 0 aliphatic rings. The lowest BCUT2D eigenvalue weighted by Gasteiger charge is -2.04. The lowest BCUT2D eigenvalue weighted by Crippen LogP contribution is -2.10. The van der Waals surface area contributed by atoms with Gasteiger partial charge in [0.05, 0.1) is 0 Å². The van der Waals surface area contributed by atoms with Gasteiger partial charge in [0.1, 0.15) is 11.6 Å². The van der Waals surface area contributed by atoms with Crippen molar-refractivity contribution in [2.45, 2.75) is 6.42 Å². The number of aromatic amines is 1. The minimum atomic E-state index is 0.269. The van der Waals surface area contributed by atoms with E-state index in [1.54, 1.807) is 6.20 Å². The van der Waals surface area contributed by atoms with Crippen LogP contribution in [0.25, 0.3) is 5.57 Å². The molecule has 0 aliphatic heterocycles. The SMILES string of the molecule is CNCCc1ccc(NC=C(C#N)c2nn[nH]n2)cc1. The molecule has 1 aromatic carbocycles. The van der Waals surface area contributed by atoms with Gasteiger partial charge in [0.15, 0.2) is 0 Å². The number of nitrogens with one attached hydrogen (secondary N) is 3. The molecule has 0 unspecified atom stereocenters. The molecule has 2 rings (SSSR count). The topological polar surface area (TPSA) is 102 Å². The molecule has 0 aliphatic carbocycles. The number of hydrogen-bond donors (Lipinski definition) is 3. The maximum Gasteiger partial charge on any atom is 0.216 e. The van der Waals surface area contributed by atoms with Crippen LogP contribution >= 0.6 is 0 Å². The van der Waals surface area contributed by atoms with Crippen molar-refractivity contribution in [1.82, 2.24) is 25.9 Å². The summed E-state index contributed by atoms with van der Waals surface area (Å²) in [6, 6.07) is 10.0. The van der Waals surface area contributed by atoms with Gasteiger partial charge < -0.3 is 10.6 Å². The largest absolute Gasteiger partial charge is 0.360 e. The first-order valence-corrected chi connectivity index (χ1v) is 6.17. The van der Waals surface area contributed by atoms with E-state index in [9.17, 15) is 0 Å². The van der Waals surface area contributed by atoms with E-state index in [0.717, 1.165) is 18.7 Å². The Hall–Kier alpha value is -2.72. The van der Waals surface area contributed by atoms with Crippen LogP contribution in [0.2, 0.25) is 0 Å². The van der Waals surface area contributed by atoms with Crippen LogP contribution in [0.3, 0.4) is 0 Å². The van der Waals surface area contributed by atoms with Crippen LogP contribution in [-0.4, -0.2) is 34.2 Å². The summed E-state index contributed by atoms with van der Waals surface area (Å²) in [6.45, 7) is 0.948. The smallest absolute Gasteiger partial charge is 0.216 e. The van der Waals surface area contributed by atoms with Gasteiger partial charge in [-0.15, -0.1) is 10.2 Å². The van der Waals surface area contributed by atoms with Crippen molar-refractivity contribution >= 4 is 11.3 Å². The van der Waals surface area contributed by atoms with Crippen molar-refractivity contribution in [3.05, 3.63) is 41.9 Å². The number of tetrazole rings is 1. The first-order chi connectivity index (χ1) is 9.83. The molecule has 2 aromatic rings. The molecule has 0 saturated heterocycles. The predicted octanol–water partition coefficient (Wildman–Crippen LogP) is 0.938. The lowest BCUT2D eigenvalue weighted by atomic mass is 10.1. The summed E-state index contributed by atoms with van der Waals surface area (Å²) in [4.78, 5) is 0. The summed E-state index contributed by atoms with van der Waals surface area (Å²) in [5.74, 6) is 0.269. The Morgan fingerprint density at radius 2 is 2.20 bits per heavy atom. The van der Waals surface area contributed by atoms with Crippen LogP contribution in [0.4, 0.5) is 5.69 Å². The first-order valence-electron chi connectivity index (χ1n) is 6.17. The normalized spacial score (nSPS) is 11.1. The number of allylic oxidation sites excluding steroid dienone is 1. The van der Waals surface area contributed by atoms with Crippen molar-refractivity contribution in [2.24, 2.45) is 0 Å². The number of nitriles is 1. The fourth-order valence-corrected chi connectivity index (χ4v) is 1.62. The minimum Gasteiger partial charge on any atom is -0.360 e. The number of anilines is 1. The molecule has 7 nitrogen and oxygen atoms in total. The summed E-state index contributed by atoms with van der Waals surface area (Å²) in [6.07, 6.45) is 2.55. The Kier molecular flexibility index (Phi) is 4.81. The van der Waals surface area contributed by atoms with Crippen molar-refractivity contribution in [3.63, 3.8) is 0 Å². The summed E-state index contributed by atoms with van der Waals surface area (Å²) in [5.41, 5.74) is 2.47. The van der Waals surface area contributed by atoms with Gasteiger partial charge in [0.2, 0.25) is 5.82 Å². The van der Waals surface area contributed by atoms with E-state index in [1.165, 1.54) is 5.56 Å². The van der Waals surface area contributed by atoms with Crippen molar-refractivity contribution in [2.75, 3.05) is 18.9 Å². The van der Waals surface area contributed by atoms with Gasteiger partial charge in [-0.2, -0.15) is 10.5 Å². The Morgan fingerprint density at radius 1 is 1.40 bits per heavy atom. The zero-order valence-electron chi connectivity index (χ0n) is 11.1. The second-order valence-corrected chi connectivity index (χ2v) is 4.10. The van der Waals surface area contributed by atoms with Gasteiger partial charge in [-0.3, -0.25) is 0 Å². The summed E-state index contributed by atoms with van der Waals surface area (Å²) in [5, 5.41) is 28.4. The minimum absolute atomic E-state index is 0.269. The fraction of sp³-hybridized carbons (Fsp3) is 0.231. The number of likely N-dealkylation sites (N-methyl/N-ethyl adjacent to an activating group) is 1. The molecule has 0 fully saturated rings. The Labute approximate surface area is 116 Å². The molecule has 0 radical (unpaired) electrons. The molecule has 1 aromatic heterocycles. The lowest BCUT2D eigenvalue weighted by molar-refractivity contribution is 0.792. The standard InChI is InChI=1S/C13H15N7/c1-15-7-6-10-2-4-12(5-3-10)16-9-11(8-14)13-17-19-20-18-13/h2-5,9,15-16H,6-7H2,1H3,(H,17,18,19,20). The highest BCUT2D eigenvalue weighted by Gasteiger charge is 2.05. The van der Waals surface area contributed by atoms with Crippen molar-refractivity contribution in [1.29, 1.82) is 5.26 Å². The molecule has 3 N–H and O–H groups in total. The third kappa shape index (κ3) is 3.63. The maximum atomic E-state index is 9.03. The Balaban J connectivity index is 2.01. The van der Waals surface area contributed by atoms with E-state index in [-0.39, 0.29) is 5.82 Å². The predicted molar refractivity (Wildman–Crippen MR) is 75.5 cm³/mol. The fourth-order valence-electron chi connectivity index (χ4n) is 1.62. The zero-order valence-corrected chi connectivity index (χ0v) is 11.1. The van der Waals surface area contributed by atoms with E-state index in [0.29, 0.717) is 5.57 Å². The number of aromatic nitrogens is 4. The third-order valence-electron chi connectivity index (χ3n) is 2.71. The molecule has 20 heavy (non-hydrogen) atoms. The summed E-state index contributed by atoms with van der Waals surface area (Å²) < 4.78 is 0. The van der Waals surface area contributed by atoms with Crippen LogP contribution in [0.5, 0.6) is 0 Å². The maximum absolute atomic E-state index is 9.03. The Morgan fingerprint density at radius 3 is 2.80 bits per heavy atom. The van der Waals surface area contributed by atoms with E-state index in [4.69, 9.17) is 5.26 Å². The number of benzene rings is 1. The second kappa shape index (κ2) is 7.01. The number of hydrogen-bond acceptors (Lipinski definition) is 6. The molecular weight excluding hydrogens is 254 g/mol. The first kappa shape index (κ1) is 13.7. The molecule has 0 saturated carbocycles. The van der Waals surface area contributed by atoms with E-state index in [2.05, 4.69) is 31.3 Å². The molecule has 7 heteroatoms. The van der Waals surface area contributed by atoms with Gasteiger partial charge in [-0.05, 0) is 42.9 Å². The molecule has 0 atom stereocenters. The molecule has 0 bridgehead atoms. The molecule has 0 amide bonds. The second-order valence-electron chi connectivity index (χ2n) is 4.10. The van der Waals surface area contributed by atoms with Crippen LogP contribution in [0.15, 0.2) is 30.5 Å². The average Bonchev–Trinajstić information content (AvgIpc) is 3.01. The highest BCUT2D eigenvalue weighted by Crippen LogP contribution is 2.12. The van der Waals surface area contributed by atoms with Gasteiger partial charge in [-0.25, -0.2) is 0 Å². The highest BCUT2D eigenvalue weighted by atomic mass is 15.5. The molecule has 0 spiro atoms. The number of H-pyrrole nitrogens is 1. The van der Waals surface area contributed by atoms with Crippen LogP contribution < -0.4 is 10.6 Å². The third-order valence-corrected chi connectivity index (χ3v) is 2.71. The van der Waals surface area contributed by atoms with E-state index >= 15 is 0 Å². The quantitative estimate of drug-likeness (QED) is 0.674. The van der Waals surface area contributed by atoms with Crippen LogP contribution in [0, 0.1) is 11.3 Å². The number of rotatable bonds is 6. The average molecular weight is 269 g/mol. The van der Waals surface area contributed by atoms with Crippen LogP contribution in [0.1, 0.15) is 11.4 Å². The highest BCUT2D eigenvalue weighted by molar-refractivity contribution is 5.73. The molecular formula is C13H15N7. The van der Waals surface area contributed by atoms with Gasteiger partial charge in [-0.1, -0.05) is 12.1 Å². The van der Waals surface area contributed by atoms with Gasteiger partial charge in [0.25, 0.3) is 0 Å². The zero-order chi connectivity index (χ0) is 14.2. The molecule has 102 valence electrons. The summed E-state index contributed by atoms with van der Waals surface area (Å²) in [7, 11) is 1.93. The summed E-state index contributed by atoms with van der Waals surface area (Å²) >= 11 is 0. The molecule has 1 heterocycles. The van der Waals surface area contributed by atoms with Crippen molar-refractivity contribution < 1.29 is 0 Å². The van der Waals surface area contributed by atoms with Crippen LogP contribution in [-0.2, 0) is 6.42 Å². The van der Waals surface area contributed by atoms with Gasteiger partial charge in [0, 0.05) is 11.9 Å². The van der Waals surface area contributed by atoms with E-state index < -0.39 is 0 Å². The monoisotopic (exact) mass is 269 g/mol. The van der Waals surface area contributed by atoms with Gasteiger partial charge >= 0.3 is 0 Å². The van der Waals surface area contributed by atoms with E-state index in [1.807, 2.05) is 37.4 Å². The Bertz CT molecular complexity index is 593. The number of nitrogens with zero attached hydrogens (tertiary/aromatic N) is 4. The van der Waals surface area contributed by atoms with Crippen molar-refractivity contribution in [3.8, 4) is 6.07 Å².